The summed E-state index contributed by atoms with van der Waals surface area (Å²) in [6.07, 6.45) is 4.89. The fourth-order valence-electron chi connectivity index (χ4n) is 3.54. The molecule has 0 N–H and O–H groups in total. The lowest BCUT2D eigenvalue weighted by molar-refractivity contribution is -0.150. The third-order valence-electron chi connectivity index (χ3n) is 5.16. The van der Waals surface area contributed by atoms with Crippen LogP contribution in [0.1, 0.15) is 24.1 Å². The van der Waals surface area contributed by atoms with Crippen LogP contribution in [0.5, 0.6) is 0 Å². The number of benzene rings is 1. The fraction of sp³-hybridized carbons (Fsp3) is 0.333. The van der Waals surface area contributed by atoms with E-state index < -0.39 is 0 Å². The Kier molecular flexibility index (Phi) is 5.39. The molecule has 0 spiro atoms. The largest absolute Gasteiger partial charge is 0.459 e. The number of hydrogen-bond acceptors (Lipinski definition) is 6. The van der Waals surface area contributed by atoms with Crippen LogP contribution in [-0.4, -0.2) is 34.0 Å². The maximum absolute atomic E-state index is 12.5. The predicted octanol–water partition coefficient (Wildman–Crippen LogP) is 3.95. The average molecular weight is 397 g/mol. The van der Waals surface area contributed by atoms with Crippen LogP contribution in [0.2, 0.25) is 5.02 Å². The molecule has 0 radical (unpaired) electrons. The lowest BCUT2D eigenvalue weighted by Gasteiger charge is -2.30. The van der Waals surface area contributed by atoms with Gasteiger partial charge in [0.2, 0.25) is 5.95 Å². The lowest BCUT2D eigenvalue weighted by atomic mass is 9.97. The summed E-state index contributed by atoms with van der Waals surface area (Å²) in [5.74, 6) is 0.384. The van der Waals surface area contributed by atoms with E-state index in [4.69, 9.17) is 16.3 Å². The SMILES string of the molecule is Cc1c(Cl)c(COC(=O)C2CCN(c3ncccn3)CC2)nc2ccccc12. The number of pyridine rings is 1. The zero-order chi connectivity index (χ0) is 19.5. The number of rotatable bonds is 4. The Morgan fingerprint density at radius 1 is 1.18 bits per heavy atom. The summed E-state index contributed by atoms with van der Waals surface area (Å²) in [5, 5.41) is 1.57. The van der Waals surface area contributed by atoms with Crippen molar-refractivity contribution in [3.8, 4) is 0 Å². The van der Waals surface area contributed by atoms with E-state index in [1.807, 2.05) is 31.2 Å². The maximum Gasteiger partial charge on any atom is 0.309 e. The molecular weight excluding hydrogens is 376 g/mol. The molecule has 6 nitrogen and oxygen atoms in total. The van der Waals surface area contributed by atoms with E-state index in [1.165, 1.54) is 0 Å². The van der Waals surface area contributed by atoms with Gasteiger partial charge in [0.05, 0.1) is 22.2 Å². The number of para-hydroxylation sites is 1. The molecule has 3 heterocycles. The molecule has 2 aromatic heterocycles. The third-order valence-corrected chi connectivity index (χ3v) is 5.66. The smallest absolute Gasteiger partial charge is 0.309 e. The molecule has 1 aromatic carbocycles. The fourth-order valence-corrected chi connectivity index (χ4v) is 3.74. The van der Waals surface area contributed by atoms with Crippen LogP contribution in [0.15, 0.2) is 42.7 Å². The summed E-state index contributed by atoms with van der Waals surface area (Å²) < 4.78 is 5.56. The Labute approximate surface area is 168 Å². The van der Waals surface area contributed by atoms with Gasteiger partial charge in [0, 0.05) is 30.9 Å². The summed E-state index contributed by atoms with van der Waals surface area (Å²) in [7, 11) is 0. The molecule has 4 rings (SSSR count). The van der Waals surface area contributed by atoms with Crippen molar-refractivity contribution in [1.82, 2.24) is 15.0 Å². The summed E-state index contributed by atoms with van der Waals surface area (Å²) in [6.45, 7) is 3.51. The van der Waals surface area contributed by atoms with Crippen LogP contribution in [0, 0.1) is 12.8 Å². The van der Waals surface area contributed by atoms with Crippen molar-refractivity contribution in [1.29, 1.82) is 0 Å². The van der Waals surface area contributed by atoms with Crippen LogP contribution in [0.4, 0.5) is 5.95 Å². The second-order valence-electron chi connectivity index (χ2n) is 6.93. The molecule has 0 atom stereocenters. The molecule has 0 aliphatic carbocycles. The predicted molar refractivity (Wildman–Crippen MR) is 108 cm³/mol. The first-order valence-electron chi connectivity index (χ1n) is 9.36. The van der Waals surface area contributed by atoms with Crippen LogP contribution in [0.3, 0.4) is 0 Å². The number of nitrogens with zero attached hydrogens (tertiary/aromatic N) is 4. The maximum atomic E-state index is 12.5. The van der Waals surface area contributed by atoms with E-state index >= 15 is 0 Å². The van der Waals surface area contributed by atoms with Crippen molar-refractivity contribution in [3.63, 3.8) is 0 Å². The first-order chi connectivity index (χ1) is 13.6. The normalized spacial score (nSPS) is 15.0. The summed E-state index contributed by atoms with van der Waals surface area (Å²) >= 11 is 6.45. The number of carbonyl (C=O) groups is 1. The molecule has 1 aliphatic rings. The van der Waals surface area contributed by atoms with E-state index in [1.54, 1.807) is 18.5 Å². The van der Waals surface area contributed by atoms with E-state index in [2.05, 4.69) is 19.9 Å². The topological polar surface area (TPSA) is 68.2 Å². The van der Waals surface area contributed by atoms with Gasteiger partial charge in [-0.1, -0.05) is 29.8 Å². The Hall–Kier alpha value is -2.73. The van der Waals surface area contributed by atoms with Gasteiger partial charge in [0.25, 0.3) is 0 Å². The Morgan fingerprint density at radius 3 is 2.64 bits per heavy atom. The minimum atomic E-state index is -0.197. The molecule has 3 aromatic rings. The highest BCUT2D eigenvalue weighted by atomic mass is 35.5. The molecule has 0 amide bonds. The van der Waals surface area contributed by atoms with E-state index in [-0.39, 0.29) is 18.5 Å². The lowest BCUT2D eigenvalue weighted by Crippen LogP contribution is -2.37. The van der Waals surface area contributed by atoms with Crippen LogP contribution in [0.25, 0.3) is 10.9 Å². The molecule has 1 fully saturated rings. The van der Waals surface area contributed by atoms with Gasteiger partial charge < -0.3 is 9.64 Å². The molecule has 144 valence electrons. The number of ether oxygens (including phenoxy) is 1. The van der Waals surface area contributed by atoms with Gasteiger partial charge in [-0.2, -0.15) is 0 Å². The number of fused-ring (bicyclic) bond motifs is 1. The number of halogens is 1. The van der Waals surface area contributed by atoms with Gasteiger partial charge in [-0.15, -0.1) is 0 Å². The second kappa shape index (κ2) is 8.10. The highest BCUT2D eigenvalue weighted by Gasteiger charge is 2.27. The van der Waals surface area contributed by atoms with Crippen molar-refractivity contribution in [2.24, 2.45) is 5.92 Å². The molecule has 1 saturated heterocycles. The number of hydrogen-bond donors (Lipinski definition) is 0. The molecule has 0 saturated carbocycles. The van der Waals surface area contributed by atoms with Crippen LogP contribution < -0.4 is 4.90 Å². The molecule has 0 unspecified atom stereocenters. The number of aromatic nitrogens is 3. The summed E-state index contributed by atoms with van der Waals surface area (Å²) in [4.78, 5) is 27.7. The van der Waals surface area contributed by atoms with E-state index in [9.17, 15) is 4.79 Å². The molecule has 28 heavy (non-hydrogen) atoms. The Morgan fingerprint density at radius 2 is 1.89 bits per heavy atom. The number of esters is 1. The van der Waals surface area contributed by atoms with Gasteiger partial charge in [0.15, 0.2) is 0 Å². The monoisotopic (exact) mass is 396 g/mol. The quantitative estimate of drug-likeness (QED) is 0.622. The van der Waals surface area contributed by atoms with Crippen molar-refractivity contribution >= 4 is 34.4 Å². The number of aryl methyl sites for hydroxylation is 1. The first kappa shape index (κ1) is 18.6. The van der Waals surface area contributed by atoms with E-state index in [0.717, 1.165) is 42.4 Å². The minimum Gasteiger partial charge on any atom is -0.459 e. The van der Waals surface area contributed by atoms with Gasteiger partial charge in [-0.25, -0.2) is 15.0 Å². The molecular formula is C21H21ClN4O2. The molecule has 7 heteroatoms. The summed E-state index contributed by atoms with van der Waals surface area (Å²) in [5.41, 5.74) is 2.41. The Balaban J connectivity index is 1.38. The zero-order valence-electron chi connectivity index (χ0n) is 15.6. The van der Waals surface area contributed by atoms with Gasteiger partial charge in [-0.3, -0.25) is 4.79 Å². The van der Waals surface area contributed by atoms with Crippen molar-refractivity contribution in [3.05, 3.63) is 59.0 Å². The van der Waals surface area contributed by atoms with Crippen LogP contribution >= 0.6 is 11.6 Å². The van der Waals surface area contributed by atoms with E-state index in [0.29, 0.717) is 16.7 Å². The van der Waals surface area contributed by atoms with Gasteiger partial charge >= 0.3 is 5.97 Å². The van der Waals surface area contributed by atoms with Gasteiger partial charge in [-0.05, 0) is 37.5 Å². The first-order valence-corrected chi connectivity index (χ1v) is 9.73. The highest BCUT2D eigenvalue weighted by molar-refractivity contribution is 6.32. The number of anilines is 1. The van der Waals surface area contributed by atoms with Gasteiger partial charge in [0.1, 0.15) is 6.61 Å². The highest BCUT2D eigenvalue weighted by Crippen LogP contribution is 2.28. The number of piperidine rings is 1. The van der Waals surface area contributed by atoms with Crippen molar-refractivity contribution < 1.29 is 9.53 Å². The average Bonchev–Trinajstić information content (AvgIpc) is 2.76. The zero-order valence-corrected chi connectivity index (χ0v) is 16.4. The Bertz CT molecular complexity index is 988. The van der Waals surface area contributed by atoms with Crippen LogP contribution in [-0.2, 0) is 16.1 Å². The summed E-state index contributed by atoms with van der Waals surface area (Å²) in [6, 6.07) is 9.61. The van der Waals surface area contributed by atoms with Crippen molar-refractivity contribution in [2.45, 2.75) is 26.4 Å². The third kappa shape index (κ3) is 3.78. The standard InChI is InChI=1S/C21H21ClN4O2/c1-14-16-5-2-3-6-17(16)25-18(19(14)22)13-28-20(27)15-7-11-26(12-8-15)21-23-9-4-10-24-21/h2-6,9-10,15H,7-8,11-13H2,1H3. The molecule has 1 aliphatic heterocycles. The molecule has 0 bridgehead atoms. The number of carbonyl (C=O) groups excluding carboxylic acids is 1. The van der Waals surface area contributed by atoms with Crippen molar-refractivity contribution in [2.75, 3.05) is 18.0 Å². The minimum absolute atomic E-state index is 0.0886. The second-order valence-corrected chi connectivity index (χ2v) is 7.31.